The number of fused-ring (bicyclic) bond motifs is 1. The van der Waals surface area contributed by atoms with E-state index in [0.29, 0.717) is 32.2 Å². The van der Waals surface area contributed by atoms with Crippen LogP contribution in [0.4, 0.5) is 9.52 Å². The van der Waals surface area contributed by atoms with Crippen molar-refractivity contribution in [2.75, 3.05) is 5.32 Å². The normalized spacial score (nSPS) is 12.3. The second-order valence-corrected chi connectivity index (χ2v) is 6.98. The van der Waals surface area contributed by atoms with Crippen LogP contribution in [0.1, 0.15) is 33.9 Å². The zero-order valence-corrected chi connectivity index (χ0v) is 14.9. The highest BCUT2D eigenvalue weighted by Crippen LogP contribution is 2.27. The van der Waals surface area contributed by atoms with E-state index in [1.54, 1.807) is 19.9 Å². The Morgan fingerprint density at radius 2 is 2.16 bits per heavy atom. The summed E-state index contributed by atoms with van der Waals surface area (Å²) in [5.41, 5.74) is 6.27. The SMILES string of the molecule is Cc1nc(N[C@@H](C)c2cc3cc(Cl)c(F)cc3[nH]c2=O)sc1C(N)=O. The van der Waals surface area contributed by atoms with E-state index < -0.39 is 17.8 Å². The molecule has 3 aromatic rings. The third-order valence-corrected chi connectivity index (χ3v) is 5.13. The predicted molar refractivity (Wildman–Crippen MR) is 96.9 cm³/mol. The number of H-pyrrole nitrogens is 1. The molecule has 0 aliphatic rings. The number of aromatic amines is 1. The van der Waals surface area contributed by atoms with Crippen molar-refractivity contribution in [3.05, 3.63) is 55.5 Å². The molecule has 9 heteroatoms. The van der Waals surface area contributed by atoms with Crippen molar-refractivity contribution in [3.8, 4) is 0 Å². The first-order valence-corrected chi connectivity index (χ1v) is 8.51. The summed E-state index contributed by atoms with van der Waals surface area (Å²) >= 11 is 6.93. The Kier molecular flexibility index (Phi) is 4.49. The molecule has 1 aromatic carbocycles. The van der Waals surface area contributed by atoms with Crippen LogP contribution >= 0.6 is 22.9 Å². The van der Waals surface area contributed by atoms with Gasteiger partial charge >= 0.3 is 0 Å². The van der Waals surface area contributed by atoms with Gasteiger partial charge in [0, 0.05) is 10.9 Å². The van der Waals surface area contributed by atoms with Gasteiger partial charge in [-0.15, -0.1) is 0 Å². The lowest BCUT2D eigenvalue weighted by Gasteiger charge is -2.13. The maximum atomic E-state index is 13.5. The number of nitrogens with two attached hydrogens (primary N) is 1. The van der Waals surface area contributed by atoms with Gasteiger partial charge in [-0.05, 0) is 32.0 Å². The van der Waals surface area contributed by atoms with Crippen molar-refractivity contribution < 1.29 is 9.18 Å². The van der Waals surface area contributed by atoms with Crippen LogP contribution in [-0.4, -0.2) is 15.9 Å². The van der Waals surface area contributed by atoms with E-state index in [-0.39, 0.29) is 10.6 Å². The first-order chi connectivity index (χ1) is 11.8. The molecular formula is C16H14ClFN4O2S. The van der Waals surface area contributed by atoms with Crippen molar-refractivity contribution >= 4 is 44.9 Å². The minimum atomic E-state index is -0.596. The number of halogens is 2. The summed E-state index contributed by atoms with van der Waals surface area (Å²) in [5.74, 6) is -1.14. The smallest absolute Gasteiger partial charge is 0.260 e. The summed E-state index contributed by atoms with van der Waals surface area (Å²) in [6.07, 6.45) is 0. The molecule has 130 valence electrons. The molecule has 0 aliphatic heterocycles. The van der Waals surface area contributed by atoms with Crippen LogP contribution in [0.5, 0.6) is 0 Å². The maximum absolute atomic E-state index is 13.5. The molecule has 0 radical (unpaired) electrons. The standard InChI is InChI=1S/C16H14ClFN4O2S/c1-6(20-16-21-7(2)13(25-16)14(19)23)9-3-8-4-10(17)11(18)5-12(8)22-15(9)24/h3-6H,1-2H3,(H2,19,23)(H,20,21)(H,22,24)/t6-/m0/s1. The number of hydrogen-bond donors (Lipinski definition) is 3. The van der Waals surface area contributed by atoms with Crippen molar-refractivity contribution in [2.45, 2.75) is 19.9 Å². The fourth-order valence-corrected chi connectivity index (χ4v) is 3.57. The van der Waals surface area contributed by atoms with E-state index in [9.17, 15) is 14.0 Å². The molecule has 1 amide bonds. The molecule has 0 saturated heterocycles. The highest BCUT2D eigenvalue weighted by molar-refractivity contribution is 7.17. The molecule has 0 aliphatic carbocycles. The van der Waals surface area contributed by atoms with Gasteiger partial charge in [0.15, 0.2) is 5.13 Å². The Morgan fingerprint density at radius 1 is 1.44 bits per heavy atom. The number of thiazole rings is 1. The van der Waals surface area contributed by atoms with Crippen LogP contribution in [0.2, 0.25) is 5.02 Å². The van der Waals surface area contributed by atoms with E-state index in [1.807, 2.05) is 0 Å². The summed E-state index contributed by atoms with van der Waals surface area (Å²) in [5, 5.41) is 4.15. The van der Waals surface area contributed by atoms with Gasteiger partial charge in [-0.2, -0.15) is 0 Å². The van der Waals surface area contributed by atoms with Gasteiger partial charge in [-0.1, -0.05) is 22.9 Å². The molecule has 3 rings (SSSR count). The highest BCUT2D eigenvalue weighted by Gasteiger charge is 2.17. The number of rotatable bonds is 4. The van der Waals surface area contributed by atoms with Crippen molar-refractivity contribution in [1.29, 1.82) is 0 Å². The lowest BCUT2D eigenvalue weighted by molar-refractivity contribution is 0.100. The number of aromatic nitrogens is 2. The topological polar surface area (TPSA) is 101 Å². The number of primary amides is 1. The number of carbonyl (C=O) groups is 1. The molecule has 0 bridgehead atoms. The number of hydrogen-bond acceptors (Lipinski definition) is 5. The number of carbonyl (C=O) groups excluding carboxylic acids is 1. The first-order valence-electron chi connectivity index (χ1n) is 7.32. The van der Waals surface area contributed by atoms with E-state index in [0.717, 1.165) is 11.3 Å². The second-order valence-electron chi connectivity index (χ2n) is 5.57. The number of pyridine rings is 1. The average molecular weight is 381 g/mol. The molecule has 0 saturated carbocycles. The molecule has 0 unspecified atom stereocenters. The Balaban J connectivity index is 1.96. The molecule has 25 heavy (non-hydrogen) atoms. The zero-order valence-electron chi connectivity index (χ0n) is 13.3. The summed E-state index contributed by atoms with van der Waals surface area (Å²) in [6.45, 7) is 3.47. The number of aryl methyl sites for hydroxylation is 1. The van der Waals surface area contributed by atoms with E-state index in [4.69, 9.17) is 17.3 Å². The minimum absolute atomic E-state index is 0.0206. The van der Waals surface area contributed by atoms with Crippen LogP contribution < -0.4 is 16.6 Å². The lowest BCUT2D eigenvalue weighted by Crippen LogP contribution is -2.19. The van der Waals surface area contributed by atoms with Gasteiger partial charge in [0.1, 0.15) is 10.7 Å². The van der Waals surface area contributed by atoms with Crippen LogP contribution in [0.3, 0.4) is 0 Å². The van der Waals surface area contributed by atoms with Crippen LogP contribution in [0.25, 0.3) is 10.9 Å². The van der Waals surface area contributed by atoms with Gasteiger partial charge in [-0.3, -0.25) is 9.59 Å². The fourth-order valence-electron chi connectivity index (χ4n) is 2.49. The minimum Gasteiger partial charge on any atom is -0.365 e. The number of amides is 1. The van der Waals surface area contributed by atoms with Crippen LogP contribution in [0.15, 0.2) is 23.0 Å². The zero-order chi connectivity index (χ0) is 18.3. The first kappa shape index (κ1) is 17.4. The highest BCUT2D eigenvalue weighted by atomic mass is 35.5. The van der Waals surface area contributed by atoms with Gasteiger partial charge in [0.05, 0.1) is 22.3 Å². The predicted octanol–water partition coefficient (Wildman–Crippen LogP) is 3.36. The number of nitrogens with one attached hydrogen (secondary N) is 2. The van der Waals surface area contributed by atoms with Crippen molar-refractivity contribution in [3.63, 3.8) is 0 Å². The number of benzene rings is 1. The third-order valence-electron chi connectivity index (χ3n) is 3.74. The molecule has 1 atom stereocenters. The molecule has 0 spiro atoms. The molecule has 2 aromatic heterocycles. The van der Waals surface area contributed by atoms with E-state index in [1.165, 1.54) is 12.1 Å². The molecule has 4 N–H and O–H groups in total. The maximum Gasteiger partial charge on any atom is 0.260 e. The van der Waals surface area contributed by atoms with E-state index >= 15 is 0 Å². The lowest BCUT2D eigenvalue weighted by atomic mass is 10.1. The summed E-state index contributed by atoms with van der Waals surface area (Å²) in [7, 11) is 0. The van der Waals surface area contributed by atoms with Crippen LogP contribution in [0, 0.1) is 12.7 Å². The average Bonchev–Trinajstić information content (AvgIpc) is 2.89. The van der Waals surface area contributed by atoms with Crippen LogP contribution in [-0.2, 0) is 0 Å². The second kappa shape index (κ2) is 6.45. The molecule has 6 nitrogen and oxygen atoms in total. The van der Waals surface area contributed by atoms with Gasteiger partial charge in [0.25, 0.3) is 11.5 Å². The largest absolute Gasteiger partial charge is 0.365 e. The number of nitrogens with zero attached hydrogens (tertiary/aromatic N) is 1. The number of anilines is 1. The molecular weight excluding hydrogens is 367 g/mol. The summed E-state index contributed by atoms with van der Waals surface area (Å²) < 4.78 is 13.5. The Labute approximate surface area is 150 Å². The molecule has 0 fully saturated rings. The third kappa shape index (κ3) is 3.35. The Morgan fingerprint density at radius 3 is 2.80 bits per heavy atom. The molecule has 2 heterocycles. The van der Waals surface area contributed by atoms with Gasteiger partial charge in [-0.25, -0.2) is 9.37 Å². The fraction of sp³-hybridized carbons (Fsp3) is 0.188. The Hall–Kier alpha value is -2.45. The van der Waals surface area contributed by atoms with Gasteiger partial charge in [0.2, 0.25) is 0 Å². The summed E-state index contributed by atoms with van der Waals surface area (Å²) in [6, 6.07) is 3.89. The monoisotopic (exact) mass is 380 g/mol. The van der Waals surface area contributed by atoms with Crippen molar-refractivity contribution in [1.82, 2.24) is 9.97 Å². The van der Waals surface area contributed by atoms with Crippen molar-refractivity contribution in [2.24, 2.45) is 5.73 Å². The quantitative estimate of drug-likeness (QED) is 0.646. The van der Waals surface area contributed by atoms with Gasteiger partial charge < -0.3 is 16.0 Å². The summed E-state index contributed by atoms with van der Waals surface area (Å²) in [4.78, 5) is 30.9. The Bertz CT molecular complexity index is 1050. The van der Waals surface area contributed by atoms with E-state index in [2.05, 4.69) is 15.3 Å².